The maximum absolute atomic E-state index is 5.48. The summed E-state index contributed by atoms with van der Waals surface area (Å²) in [4.78, 5) is 0. The van der Waals surface area contributed by atoms with Gasteiger partial charge >= 0.3 is 0 Å². The average molecular weight is 235 g/mol. The van der Waals surface area contributed by atoms with Crippen LogP contribution in [0.4, 0.5) is 5.69 Å². The molecule has 0 bridgehead atoms. The lowest BCUT2D eigenvalue weighted by atomic mass is 10.1. The summed E-state index contributed by atoms with van der Waals surface area (Å²) in [5, 5.41) is 3.36. The molecule has 0 aromatic heterocycles. The van der Waals surface area contributed by atoms with Gasteiger partial charge in [-0.1, -0.05) is 25.5 Å². The van der Waals surface area contributed by atoms with Crippen LogP contribution in [0, 0.1) is 0 Å². The first-order chi connectivity index (χ1) is 8.22. The minimum absolute atomic E-state index is 0.313. The molecule has 0 aliphatic heterocycles. The van der Waals surface area contributed by atoms with Crippen LogP contribution < -0.4 is 5.32 Å². The number of ether oxygens (including phenoxy) is 1. The van der Waals surface area contributed by atoms with Crippen molar-refractivity contribution in [2.45, 2.75) is 46.1 Å². The van der Waals surface area contributed by atoms with Crippen LogP contribution in [0.2, 0.25) is 0 Å². The largest absolute Gasteiger partial charge is 0.383 e. The molecule has 2 nitrogen and oxygen atoms in total. The van der Waals surface area contributed by atoms with E-state index in [9.17, 15) is 0 Å². The van der Waals surface area contributed by atoms with E-state index in [2.05, 4.69) is 50.4 Å². The van der Waals surface area contributed by atoms with Crippen molar-refractivity contribution < 1.29 is 4.74 Å². The number of nitrogens with one attached hydrogen (secondary N) is 1. The van der Waals surface area contributed by atoms with Crippen LogP contribution >= 0.6 is 0 Å². The first-order valence-electron chi connectivity index (χ1n) is 6.66. The Morgan fingerprint density at radius 3 is 2.47 bits per heavy atom. The predicted molar refractivity (Wildman–Crippen MR) is 74.6 cm³/mol. The van der Waals surface area contributed by atoms with Crippen LogP contribution in [0.25, 0.3) is 0 Å². The van der Waals surface area contributed by atoms with Crippen molar-refractivity contribution in [3.8, 4) is 0 Å². The van der Waals surface area contributed by atoms with Gasteiger partial charge in [-0.05, 0) is 44.4 Å². The number of rotatable bonds is 8. The lowest BCUT2D eigenvalue weighted by Gasteiger charge is -2.10. The maximum atomic E-state index is 5.48. The van der Waals surface area contributed by atoms with Crippen molar-refractivity contribution in [3.63, 3.8) is 0 Å². The molecule has 0 fully saturated rings. The normalized spacial score (nSPS) is 10.8. The Morgan fingerprint density at radius 1 is 1.18 bits per heavy atom. The van der Waals surface area contributed by atoms with Crippen LogP contribution in [0.1, 0.15) is 39.2 Å². The van der Waals surface area contributed by atoms with Crippen molar-refractivity contribution in [1.29, 1.82) is 0 Å². The van der Waals surface area contributed by atoms with Crippen LogP contribution in [0.3, 0.4) is 0 Å². The summed E-state index contributed by atoms with van der Waals surface area (Å²) in [5.41, 5.74) is 2.61. The third kappa shape index (κ3) is 6.32. The average Bonchev–Trinajstić information content (AvgIpc) is 2.33. The fraction of sp³-hybridized carbons (Fsp3) is 0.600. The molecule has 0 saturated carbocycles. The summed E-state index contributed by atoms with van der Waals surface area (Å²) in [6.45, 7) is 7.97. The number of aryl methyl sites for hydroxylation is 1. The second kappa shape index (κ2) is 8.13. The Labute approximate surface area is 105 Å². The van der Waals surface area contributed by atoms with Gasteiger partial charge in [-0.15, -0.1) is 0 Å². The Bertz CT molecular complexity index is 292. The summed E-state index contributed by atoms with van der Waals surface area (Å²) in [5.74, 6) is 0. The molecule has 0 aliphatic rings. The second-order valence-corrected chi connectivity index (χ2v) is 4.65. The van der Waals surface area contributed by atoms with Crippen molar-refractivity contribution in [2.24, 2.45) is 0 Å². The van der Waals surface area contributed by atoms with Gasteiger partial charge < -0.3 is 10.1 Å². The van der Waals surface area contributed by atoms with E-state index in [4.69, 9.17) is 4.74 Å². The lowest BCUT2D eigenvalue weighted by molar-refractivity contribution is 0.0870. The maximum Gasteiger partial charge on any atom is 0.0642 e. The van der Waals surface area contributed by atoms with Crippen LogP contribution in [-0.4, -0.2) is 19.3 Å². The number of unbranched alkanes of at least 4 members (excludes halogenated alkanes) is 1. The first kappa shape index (κ1) is 14.0. The fourth-order valence-corrected chi connectivity index (χ4v) is 1.66. The van der Waals surface area contributed by atoms with Crippen LogP contribution in [0.5, 0.6) is 0 Å². The summed E-state index contributed by atoms with van der Waals surface area (Å²) in [6, 6.07) is 8.73. The molecule has 17 heavy (non-hydrogen) atoms. The standard InChI is InChI=1S/C15H25NO/c1-4-5-6-14-7-9-15(10-8-14)16-11-12-17-13(2)3/h7-10,13,16H,4-6,11-12H2,1-3H3. The highest BCUT2D eigenvalue weighted by atomic mass is 16.5. The highest BCUT2D eigenvalue weighted by Gasteiger charge is 1.95. The lowest BCUT2D eigenvalue weighted by Crippen LogP contribution is -2.13. The third-order valence-electron chi connectivity index (χ3n) is 2.66. The summed E-state index contributed by atoms with van der Waals surface area (Å²) < 4.78 is 5.48. The van der Waals surface area contributed by atoms with Crippen molar-refractivity contribution in [1.82, 2.24) is 0 Å². The predicted octanol–water partition coefficient (Wildman–Crippen LogP) is 3.87. The number of hydrogen-bond donors (Lipinski definition) is 1. The highest BCUT2D eigenvalue weighted by molar-refractivity contribution is 5.44. The van der Waals surface area contributed by atoms with Gasteiger partial charge in [-0.3, -0.25) is 0 Å². The van der Waals surface area contributed by atoms with E-state index in [0.717, 1.165) is 13.2 Å². The molecule has 0 amide bonds. The molecule has 0 heterocycles. The van der Waals surface area contributed by atoms with Crippen molar-refractivity contribution in [3.05, 3.63) is 29.8 Å². The molecule has 1 aromatic carbocycles. The summed E-state index contributed by atoms with van der Waals surface area (Å²) in [7, 11) is 0. The molecular weight excluding hydrogens is 210 g/mol. The number of benzene rings is 1. The molecule has 0 aliphatic carbocycles. The molecule has 0 unspecified atom stereocenters. The highest BCUT2D eigenvalue weighted by Crippen LogP contribution is 2.11. The van der Waals surface area contributed by atoms with Gasteiger partial charge in [0.2, 0.25) is 0 Å². The molecule has 1 N–H and O–H groups in total. The van der Waals surface area contributed by atoms with Gasteiger partial charge in [0, 0.05) is 12.2 Å². The Kier molecular flexibility index (Phi) is 6.71. The quantitative estimate of drug-likeness (QED) is 0.691. The minimum atomic E-state index is 0.313. The monoisotopic (exact) mass is 235 g/mol. The van der Waals surface area contributed by atoms with Crippen molar-refractivity contribution in [2.75, 3.05) is 18.5 Å². The Balaban J connectivity index is 2.25. The van der Waals surface area contributed by atoms with E-state index in [1.54, 1.807) is 0 Å². The molecule has 96 valence electrons. The molecule has 0 radical (unpaired) electrons. The first-order valence-corrected chi connectivity index (χ1v) is 6.66. The molecule has 0 atom stereocenters. The van der Waals surface area contributed by atoms with Crippen molar-refractivity contribution >= 4 is 5.69 Å². The zero-order chi connectivity index (χ0) is 12.5. The smallest absolute Gasteiger partial charge is 0.0642 e. The van der Waals surface area contributed by atoms with Crippen LogP contribution in [-0.2, 0) is 11.2 Å². The number of hydrogen-bond acceptors (Lipinski definition) is 2. The zero-order valence-electron chi connectivity index (χ0n) is 11.3. The summed E-state index contributed by atoms with van der Waals surface area (Å²) >= 11 is 0. The number of anilines is 1. The van der Waals surface area contributed by atoms with Crippen LogP contribution in [0.15, 0.2) is 24.3 Å². The SMILES string of the molecule is CCCCc1ccc(NCCOC(C)C)cc1. The van der Waals surface area contributed by atoms with Gasteiger partial charge in [0.15, 0.2) is 0 Å². The molecule has 1 rings (SSSR count). The van der Waals surface area contributed by atoms with Gasteiger partial charge in [0.25, 0.3) is 0 Å². The molecule has 2 heteroatoms. The van der Waals surface area contributed by atoms with E-state index in [0.29, 0.717) is 6.10 Å². The van der Waals surface area contributed by atoms with Gasteiger partial charge in [-0.2, -0.15) is 0 Å². The zero-order valence-corrected chi connectivity index (χ0v) is 11.3. The topological polar surface area (TPSA) is 21.3 Å². The van der Waals surface area contributed by atoms with E-state index >= 15 is 0 Å². The summed E-state index contributed by atoms with van der Waals surface area (Å²) in [6.07, 6.45) is 4.03. The van der Waals surface area contributed by atoms with E-state index in [1.165, 1.54) is 30.5 Å². The van der Waals surface area contributed by atoms with Gasteiger partial charge in [-0.25, -0.2) is 0 Å². The van der Waals surface area contributed by atoms with Gasteiger partial charge in [0.05, 0.1) is 12.7 Å². The molecular formula is C15H25NO. The van der Waals surface area contributed by atoms with E-state index < -0.39 is 0 Å². The Morgan fingerprint density at radius 2 is 1.88 bits per heavy atom. The van der Waals surface area contributed by atoms with Gasteiger partial charge in [0.1, 0.15) is 0 Å². The third-order valence-corrected chi connectivity index (χ3v) is 2.66. The minimum Gasteiger partial charge on any atom is -0.383 e. The molecule has 0 saturated heterocycles. The molecule has 0 spiro atoms. The fourth-order valence-electron chi connectivity index (χ4n) is 1.66. The van der Waals surface area contributed by atoms with E-state index in [1.807, 2.05) is 0 Å². The second-order valence-electron chi connectivity index (χ2n) is 4.65. The Hall–Kier alpha value is -1.02. The van der Waals surface area contributed by atoms with E-state index in [-0.39, 0.29) is 0 Å². The molecule has 1 aromatic rings.